The van der Waals surface area contributed by atoms with Crippen LogP contribution in [0, 0.1) is 11.8 Å². The maximum Gasteiger partial charge on any atom is 0.223 e. The Morgan fingerprint density at radius 1 is 1.42 bits per heavy atom. The molecule has 0 aromatic rings. The molecule has 2 aliphatic carbocycles. The molecule has 0 saturated heterocycles. The Labute approximate surface area is 72.7 Å². The van der Waals surface area contributed by atoms with Gasteiger partial charge in [-0.25, -0.2) is 0 Å². The van der Waals surface area contributed by atoms with Gasteiger partial charge in [0, 0.05) is 18.0 Å². The van der Waals surface area contributed by atoms with Crippen LogP contribution in [0.1, 0.15) is 26.2 Å². The van der Waals surface area contributed by atoms with E-state index in [2.05, 4.69) is 12.2 Å². The summed E-state index contributed by atoms with van der Waals surface area (Å²) in [6.07, 6.45) is 3.09. The van der Waals surface area contributed by atoms with E-state index in [1.807, 2.05) is 0 Å². The first kappa shape index (κ1) is 8.05. The van der Waals surface area contributed by atoms with Gasteiger partial charge in [-0.05, 0) is 25.2 Å². The molecule has 1 amide bonds. The third kappa shape index (κ3) is 1.46. The predicted octanol–water partition coefficient (Wildman–Crippen LogP) is 0.248. The van der Waals surface area contributed by atoms with Crippen molar-refractivity contribution in [3.8, 4) is 0 Å². The van der Waals surface area contributed by atoms with E-state index in [0.717, 1.165) is 25.2 Å². The Morgan fingerprint density at radius 2 is 2.00 bits per heavy atom. The summed E-state index contributed by atoms with van der Waals surface area (Å²) in [5, 5.41) is 2.96. The van der Waals surface area contributed by atoms with Crippen molar-refractivity contribution in [1.29, 1.82) is 0 Å². The standard InChI is InChI=1S/C9H16N2O/c1-5-2-6(3-5)9(12)11-8-4-7(8)10/h5-8H,2-4,10H2,1H3,(H,11,12). The second kappa shape index (κ2) is 2.73. The Hall–Kier alpha value is -0.570. The van der Waals surface area contributed by atoms with Gasteiger partial charge in [-0.3, -0.25) is 4.79 Å². The average molecular weight is 168 g/mol. The summed E-state index contributed by atoms with van der Waals surface area (Å²) in [5.41, 5.74) is 5.59. The minimum atomic E-state index is 0.228. The lowest BCUT2D eigenvalue weighted by molar-refractivity contribution is -0.129. The van der Waals surface area contributed by atoms with Gasteiger partial charge in [0.05, 0.1) is 0 Å². The zero-order chi connectivity index (χ0) is 8.72. The lowest BCUT2D eigenvalue weighted by Gasteiger charge is -2.31. The molecule has 0 heterocycles. The van der Waals surface area contributed by atoms with Crippen molar-refractivity contribution in [3.63, 3.8) is 0 Å². The first-order valence-corrected chi connectivity index (χ1v) is 4.72. The predicted molar refractivity (Wildman–Crippen MR) is 46.4 cm³/mol. The fourth-order valence-corrected chi connectivity index (χ4v) is 1.80. The molecule has 0 radical (unpaired) electrons. The Kier molecular flexibility index (Phi) is 1.83. The first-order valence-electron chi connectivity index (χ1n) is 4.72. The highest BCUT2D eigenvalue weighted by Crippen LogP contribution is 2.33. The largest absolute Gasteiger partial charge is 0.352 e. The summed E-state index contributed by atoms with van der Waals surface area (Å²) in [6, 6.07) is 0.514. The van der Waals surface area contributed by atoms with Gasteiger partial charge in [0.1, 0.15) is 0 Å². The van der Waals surface area contributed by atoms with Gasteiger partial charge in [0.2, 0.25) is 5.91 Å². The molecule has 2 atom stereocenters. The minimum Gasteiger partial charge on any atom is -0.352 e. The normalized spacial score (nSPS) is 44.8. The summed E-state index contributed by atoms with van der Waals surface area (Å²) in [5.74, 6) is 1.26. The Morgan fingerprint density at radius 3 is 2.42 bits per heavy atom. The van der Waals surface area contributed by atoms with Gasteiger partial charge in [0.25, 0.3) is 0 Å². The number of hydrogen-bond acceptors (Lipinski definition) is 2. The van der Waals surface area contributed by atoms with Crippen LogP contribution in [0.3, 0.4) is 0 Å². The zero-order valence-corrected chi connectivity index (χ0v) is 7.42. The van der Waals surface area contributed by atoms with Gasteiger partial charge < -0.3 is 11.1 Å². The molecule has 2 aliphatic rings. The van der Waals surface area contributed by atoms with E-state index in [9.17, 15) is 4.79 Å². The summed E-state index contributed by atoms with van der Waals surface area (Å²) < 4.78 is 0. The van der Waals surface area contributed by atoms with Gasteiger partial charge in [0.15, 0.2) is 0 Å². The molecule has 3 nitrogen and oxygen atoms in total. The van der Waals surface area contributed by atoms with Crippen molar-refractivity contribution < 1.29 is 4.79 Å². The van der Waals surface area contributed by atoms with Crippen LogP contribution in [-0.4, -0.2) is 18.0 Å². The topological polar surface area (TPSA) is 55.1 Å². The molecule has 0 spiro atoms. The number of rotatable bonds is 2. The van der Waals surface area contributed by atoms with Crippen LogP contribution < -0.4 is 11.1 Å². The SMILES string of the molecule is CC1CC(C(=O)NC2CC2N)C1. The minimum absolute atomic E-state index is 0.228. The Bertz CT molecular complexity index is 199. The number of carbonyl (C=O) groups is 1. The maximum absolute atomic E-state index is 11.4. The lowest BCUT2D eigenvalue weighted by Crippen LogP contribution is -2.40. The number of carbonyl (C=O) groups excluding carboxylic acids is 1. The van der Waals surface area contributed by atoms with Crippen LogP contribution in [0.25, 0.3) is 0 Å². The van der Waals surface area contributed by atoms with Crippen molar-refractivity contribution in [3.05, 3.63) is 0 Å². The Balaban J connectivity index is 1.71. The lowest BCUT2D eigenvalue weighted by atomic mass is 9.76. The highest BCUT2D eigenvalue weighted by Gasteiger charge is 2.38. The van der Waals surface area contributed by atoms with E-state index in [1.165, 1.54) is 0 Å². The molecule has 3 N–H and O–H groups in total. The molecular formula is C9H16N2O. The molecule has 12 heavy (non-hydrogen) atoms. The van der Waals surface area contributed by atoms with E-state index in [1.54, 1.807) is 0 Å². The first-order chi connectivity index (χ1) is 5.66. The van der Waals surface area contributed by atoms with E-state index in [4.69, 9.17) is 5.73 Å². The van der Waals surface area contributed by atoms with Crippen molar-refractivity contribution in [2.45, 2.75) is 38.3 Å². The molecule has 0 bridgehead atoms. The van der Waals surface area contributed by atoms with Gasteiger partial charge in [-0.15, -0.1) is 0 Å². The number of nitrogens with one attached hydrogen (secondary N) is 1. The van der Waals surface area contributed by atoms with Gasteiger partial charge in [-0.2, -0.15) is 0 Å². The molecule has 2 fully saturated rings. The summed E-state index contributed by atoms with van der Waals surface area (Å²) in [4.78, 5) is 11.4. The molecule has 0 aromatic heterocycles. The number of amides is 1. The van der Waals surface area contributed by atoms with E-state index in [-0.39, 0.29) is 23.9 Å². The van der Waals surface area contributed by atoms with Crippen molar-refractivity contribution in [1.82, 2.24) is 5.32 Å². The van der Waals surface area contributed by atoms with E-state index < -0.39 is 0 Å². The van der Waals surface area contributed by atoms with Crippen LogP contribution >= 0.6 is 0 Å². The third-order valence-corrected chi connectivity index (χ3v) is 2.91. The van der Waals surface area contributed by atoms with Crippen LogP contribution in [0.2, 0.25) is 0 Å². The van der Waals surface area contributed by atoms with Crippen molar-refractivity contribution in [2.24, 2.45) is 17.6 Å². The van der Waals surface area contributed by atoms with Gasteiger partial charge >= 0.3 is 0 Å². The molecule has 68 valence electrons. The molecule has 3 heteroatoms. The van der Waals surface area contributed by atoms with Crippen LogP contribution in [-0.2, 0) is 4.79 Å². The molecular weight excluding hydrogens is 152 g/mol. The van der Waals surface area contributed by atoms with Gasteiger partial charge in [-0.1, -0.05) is 6.92 Å². The molecule has 2 rings (SSSR count). The van der Waals surface area contributed by atoms with E-state index >= 15 is 0 Å². The smallest absolute Gasteiger partial charge is 0.223 e. The second-order valence-electron chi connectivity index (χ2n) is 4.29. The maximum atomic E-state index is 11.4. The monoisotopic (exact) mass is 168 g/mol. The molecule has 2 unspecified atom stereocenters. The third-order valence-electron chi connectivity index (χ3n) is 2.91. The molecule has 2 saturated carbocycles. The molecule has 0 aromatic carbocycles. The summed E-state index contributed by atoms with van der Waals surface area (Å²) >= 11 is 0. The summed E-state index contributed by atoms with van der Waals surface area (Å²) in [6.45, 7) is 2.19. The quantitative estimate of drug-likeness (QED) is 0.621. The second-order valence-corrected chi connectivity index (χ2v) is 4.29. The molecule has 0 aliphatic heterocycles. The zero-order valence-electron chi connectivity index (χ0n) is 7.42. The highest BCUT2D eigenvalue weighted by molar-refractivity contribution is 5.80. The van der Waals surface area contributed by atoms with E-state index in [0.29, 0.717) is 0 Å². The summed E-state index contributed by atoms with van der Waals surface area (Å²) in [7, 11) is 0. The van der Waals surface area contributed by atoms with Crippen LogP contribution in [0.4, 0.5) is 0 Å². The average Bonchev–Trinajstić information content (AvgIpc) is 2.60. The number of nitrogens with two attached hydrogens (primary N) is 1. The fraction of sp³-hybridized carbons (Fsp3) is 0.889. The van der Waals surface area contributed by atoms with Crippen molar-refractivity contribution >= 4 is 5.91 Å². The highest BCUT2D eigenvalue weighted by atomic mass is 16.2. The van der Waals surface area contributed by atoms with Crippen LogP contribution in [0.5, 0.6) is 0 Å². The fourth-order valence-electron chi connectivity index (χ4n) is 1.80. The number of hydrogen-bond donors (Lipinski definition) is 2. The van der Waals surface area contributed by atoms with Crippen molar-refractivity contribution in [2.75, 3.05) is 0 Å². The van der Waals surface area contributed by atoms with Crippen LogP contribution in [0.15, 0.2) is 0 Å².